The first kappa shape index (κ1) is 8.97. The van der Waals surface area contributed by atoms with Gasteiger partial charge in [0.2, 0.25) is 0 Å². The van der Waals surface area contributed by atoms with Gasteiger partial charge in [0.1, 0.15) is 0 Å². The molecule has 0 saturated carbocycles. The van der Waals surface area contributed by atoms with Crippen molar-refractivity contribution in [2.75, 3.05) is 11.4 Å². The Kier molecular flexibility index (Phi) is 2.04. The largest absolute Gasteiger partial charge is 0.341 e. The summed E-state index contributed by atoms with van der Waals surface area (Å²) in [5, 5.41) is 3.10. The lowest BCUT2D eigenvalue weighted by atomic mass is 9.97. The van der Waals surface area contributed by atoms with Crippen molar-refractivity contribution in [2.24, 2.45) is 5.73 Å². The maximum atomic E-state index is 6.04. The lowest BCUT2D eigenvalue weighted by molar-refractivity contribution is 0.453. The molecular formula is C9H15N3S. The molecule has 0 bridgehead atoms. The highest BCUT2D eigenvalue weighted by Crippen LogP contribution is 2.33. The molecule has 1 fully saturated rings. The molecule has 0 amide bonds. The van der Waals surface area contributed by atoms with Gasteiger partial charge in [-0.1, -0.05) is 0 Å². The van der Waals surface area contributed by atoms with Crippen molar-refractivity contribution in [1.82, 2.24) is 4.98 Å². The normalized spacial score (nSPS) is 26.7. The van der Waals surface area contributed by atoms with Gasteiger partial charge in [-0.05, 0) is 20.3 Å². The third-order valence-electron chi connectivity index (χ3n) is 2.92. The van der Waals surface area contributed by atoms with Crippen molar-refractivity contribution in [1.29, 1.82) is 0 Å². The molecule has 2 heterocycles. The van der Waals surface area contributed by atoms with Gasteiger partial charge in [-0.2, -0.15) is 0 Å². The van der Waals surface area contributed by atoms with E-state index in [1.165, 1.54) is 0 Å². The molecule has 1 unspecified atom stereocenters. The van der Waals surface area contributed by atoms with Crippen LogP contribution in [0.3, 0.4) is 0 Å². The van der Waals surface area contributed by atoms with E-state index in [0.717, 1.165) is 18.1 Å². The fourth-order valence-corrected chi connectivity index (χ4v) is 2.62. The molecule has 1 aliphatic heterocycles. The minimum atomic E-state index is 0.0534. The summed E-state index contributed by atoms with van der Waals surface area (Å²) in [6.07, 6.45) is 2.91. The minimum Gasteiger partial charge on any atom is -0.341 e. The smallest absolute Gasteiger partial charge is 0.185 e. The van der Waals surface area contributed by atoms with E-state index in [-0.39, 0.29) is 11.6 Å². The monoisotopic (exact) mass is 197 g/mol. The maximum Gasteiger partial charge on any atom is 0.185 e. The number of rotatable bonds is 1. The van der Waals surface area contributed by atoms with Crippen LogP contribution in [0.15, 0.2) is 11.6 Å². The lowest BCUT2D eigenvalue weighted by Gasteiger charge is -2.34. The summed E-state index contributed by atoms with van der Waals surface area (Å²) >= 11 is 1.68. The molecule has 1 atom stereocenters. The number of nitrogens with zero attached hydrogens (tertiary/aromatic N) is 2. The molecule has 1 aromatic rings. The first-order valence-electron chi connectivity index (χ1n) is 4.55. The van der Waals surface area contributed by atoms with Gasteiger partial charge in [0.05, 0.1) is 5.54 Å². The van der Waals surface area contributed by atoms with Gasteiger partial charge >= 0.3 is 0 Å². The van der Waals surface area contributed by atoms with Gasteiger partial charge in [-0.15, -0.1) is 11.3 Å². The van der Waals surface area contributed by atoms with E-state index in [2.05, 4.69) is 23.7 Å². The van der Waals surface area contributed by atoms with E-state index in [9.17, 15) is 0 Å². The zero-order valence-corrected chi connectivity index (χ0v) is 8.84. The topological polar surface area (TPSA) is 42.1 Å². The first-order chi connectivity index (χ1) is 6.12. The van der Waals surface area contributed by atoms with Crippen molar-refractivity contribution in [3.63, 3.8) is 0 Å². The van der Waals surface area contributed by atoms with E-state index in [4.69, 9.17) is 5.73 Å². The lowest BCUT2D eigenvalue weighted by Crippen LogP contribution is -2.48. The third kappa shape index (κ3) is 1.34. The summed E-state index contributed by atoms with van der Waals surface area (Å²) in [4.78, 5) is 6.63. The Balaban J connectivity index is 2.27. The molecule has 3 nitrogen and oxygen atoms in total. The van der Waals surface area contributed by atoms with Crippen LogP contribution in [0.1, 0.15) is 20.3 Å². The van der Waals surface area contributed by atoms with Crippen molar-refractivity contribution < 1.29 is 0 Å². The average molecular weight is 197 g/mol. The summed E-state index contributed by atoms with van der Waals surface area (Å²) in [7, 11) is 0. The molecule has 2 N–H and O–H groups in total. The first-order valence-corrected chi connectivity index (χ1v) is 5.43. The predicted molar refractivity (Wildman–Crippen MR) is 56.1 cm³/mol. The number of hydrogen-bond donors (Lipinski definition) is 1. The molecule has 13 heavy (non-hydrogen) atoms. The second kappa shape index (κ2) is 2.96. The third-order valence-corrected chi connectivity index (χ3v) is 3.71. The molecule has 0 aromatic carbocycles. The molecule has 1 aliphatic rings. The van der Waals surface area contributed by atoms with E-state index in [1.807, 2.05) is 11.6 Å². The molecule has 0 aliphatic carbocycles. The van der Waals surface area contributed by atoms with E-state index >= 15 is 0 Å². The molecule has 1 saturated heterocycles. The predicted octanol–water partition coefficient (Wildman–Crippen LogP) is 1.46. The van der Waals surface area contributed by atoms with Crippen LogP contribution < -0.4 is 10.6 Å². The van der Waals surface area contributed by atoms with Crippen LogP contribution in [0, 0.1) is 0 Å². The van der Waals surface area contributed by atoms with Crippen molar-refractivity contribution in [3.05, 3.63) is 11.6 Å². The van der Waals surface area contributed by atoms with Crippen molar-refractivity contribution in [3.8, 4) is 0 Å². The number of thiazole rings is 1. The van der Waals surface area contributed by atoms with Gasteiger partial charge < -0.3 is 10.6 Å². The van der Waals surface area contributed by atoms with Gasteiger partial charge in [-0.25, -0.2) is 4.98 Å². The summed E-state index contributed by atoms with van der Waals surface area (Å²) in [6, 6.07) is 0.261. The molecular weight excluding hydrogens is 182 g/mol. The second-order valence-electron chi connectivity index (χ2n) is 4.02. The second-order valence-corrected chi connectivity index (χ2v) is 4.89. The zero-order valence-electron chi connectivity index (χ0n) is 8.03. The average Bonchev–Trinajstić information content (AvgIpc) is 2.62. The summed E-state index contributed by atoms with van der Waals surface area (Å²) in [6.45, 7) is 5.40. The van der Waals surface area contributed by atoms with Crippen LogP contribution in [0.2, 0.25) is 0 Å². The van der Waals surface area contributed by atoms with E-state index < -0.39 is 0 Å². The molecule has 72 valence electrons. The summed E-state index contributed by atoms with van der Waals surface area (Å²) < 4.78 is 0. The number of nitrogens with two attached hydrogens (primary N) is 1. The van der Waals surface area contributed by atoms with Crippen LogP contribution in [0.5, 0.6) is 0 Å². The summed E-state index contributed by atoms with van der Waals surface area (Å²) in [5.74, 6) is 0. The van der Waals surface area contributed by atoms with E-state index in [1.54, 1.807) is 11.3 Å². The number of aromatic nitrogens is 1. The van der Waals surface area contributed by atoms with Crippen molar-refractivity contribution >= 4 is 16.5 Å². The Morgan fingerprint density at radius 2 is 2.46 bits per heavy atom. The zero-order chi connectivity index (χ0) is 9.47. The quantitative estimate of drug-likeness (QED) is 0.741. The molecule has 0 radical (unpaired) electrons. The van der Waals surface area contributed by atoms with Crippen LogP contribution in [-0.4, -0.2) is 23.1 Å². The highest BCUT2D eigenvalue weighted by molar-refractivity contribution is 7.13. The maximum absolute atomic E-state index is 6.04. The Morgan fingerprint density at radius 1 is 1.69 bits per heavy atom. The standard InChI is InChI=1S/C9H15N3S/c1-9(2)7(10)3-5-12(9)8-11-4-6-13-8/h4,6-7H,3,5,10H2,1-2H3. The Labute approximate surface area is 82.6 Å². The van der Waals surface area contributed by atoms with Crippen LogP contribution >= 0.6 is 11.3 Å². The van der Waals surface area contributed by atoms with Crippen LogP contribution in [0.25, 0.3) is 0 Å². The molecule has 4 heteroatoms. The van der Waals surface area contributed by atoms with Crippen LogP contribution in [0.4, 0.5) is 5.13 Å². The minimum absolute atomic E-state index is 0.0534. The Hall–Kier alpha value is -0.610. The number of hydrogen-bond acceptors (Lipinski definition) is 4. The SMILES string of the molecule is CC1(C)C(N)CCN1c1nccs1. The van der Waals surface area contributed by atoms with Gasteiger partial charge in [0.15, 0.2) is 5.13 Å². The van der Waals surface area contributed by atoms with E-state index in [0.29, 0.717) is 0 Å². The highest BCUT2D eigenvalue weighted by atomic mass is 32.1. The van der Waals surface area contributed by atoms with Crippen molar-refractivity contribution in [2.45, 2.75) is 31.8 Å². The molecule has 1 aromatic heterocycles. The molecule has 0 spiro atoms. The fraction of sp³-hybridized carbons (Fsp3) is 0.667. The Morgan fingerprint density at radius 3 is 2.92 bits per heavy atom. The van der Waals surface area contributed by atoms with Gasteiger partial charge in [0, 0.05) is 24.2 Å². The number of anilines is 1. The summed E-state index contributed by atoms with van der Waals surface area (Å²) in [5.41, 5.74) is 6.10. The van der Waals surface area contributed by atoms with Crippen LogP contribution in [-0.2, 0) is 0 Å². The highest BCUT2D eigenvalue weighted by Gasteiger charge is 2.39. The molecule has 2 rings (SSSR count). The fourth-order valence-electron chi connectivity index (χ4n) is 1.80. The Bertz CT molecular complexity index is 281. The van der Waals surface area contributed by atoms with Gasteiger partial charge in [-0.3, -0.25) is 0 Å². The van der Waals surface area contributed by atoms with Gasteiger partial charge in [0.25, 0.3) is 0 Å².